The first-order valence-electron chi connectivity index (χ1n) is 8.90. The minimum Gasteiger partial charge on any atom is -0.492 e. The van der Waals surface area contributed by atoms with Gasteiger partial charge in [-0.1, -0.05) is 0 Å². The van der Waals surface area contributed by atoms with E-state index >= 15 is 0 Å². The van der Waals surface area contributed by atoms with E-state index < -0.39 is 11.6 Å². The van der Waals surface area contributed by atoms with Gasteiger partial charge in [-0.25, -0.2) is 9.78 Å². The van der Waals surface area contributed by atoms with Crippen molar-refractivity contribution < 1.29 is 19.4 Å². The van der Waals surface area contributed by atoms with E-state index in [1.165, 1.54) is 13.8 Å². The molecule has 0 radical (unpaired) electrons. The zero-order valence-electron chi connectivity index (χ0n) is 15.8. The van der Waals surface area contributed by atoms with Gasteiger partial charge in [0.05, 0.1) is 24.2 Å². The number of nitrogens with zero attached hydrogens (tertiary/aromatic N) is 3. The maximum absolute atomic E-state index is 11.2. The summed E-state index contributed by atoms with van der Waals surface area (Å²) in [6.07, 6.45) is 6.52. The molecule has 2 N–H and O–H groups in total. The minimum atomic E-state index is -1.33. The third-order valence-corrected chi connectivity index (χ3v) is 4.07. The standard InChI is InChI=1S/C20H22N4O4/c1-20(2,19(25)26)28-18-12-14(7-9-21-18)4-3-11-27-15-5-6-16(22-13-15)17-8-10-23-24-17/h5-10,12-13H,3-4,11H2,1-2H3,(H,23,24)(H,25,26). The van der Waals surface area contributed by atoms with Crippen molar-refractivity contribution in [2.45, 2.75) is 32.3 Å². The number of carboxylic acids is 1. The highest BCUT2D eigenvalue weighted by atomic mass is 16.5. The van der Waals surface area contributed by atoms with Gasteiger partial charge in [0.2, 0.25) is 11.5 Å². The van der Waals surface area contributed by atoms with Crippen LogP contribution in [0.5, 0.6) is 11.6 Å². The number of H-pyrrole nitrogens is 1. The van der Waals surface area contributed by atoms with E-state index in [0.29, 0.717) is 18.2 Å². The molecule has 0 unspecified atom stereocenters. The van der Waals surface area contributed by atoms with Crippen molar-refractivity contribution in [1.82, 2.24) is 20.2 Å². The second-order valence-electron chi connectivity index (χ2n) is 6.72. The van der Waals surface area contributed by atoms with Crippen molar-refractivity contribution in [1.29, 1.82) is 0 Å². The largest absolute Gasteiger partial charge is 0.492 e. The molecule has 3 rings (SSSR count). The molecule has 0 fully saturated rings. The number of nitrogens with one attached hydrogen (secondary N) is 1. The van der Waals surface area contributed by atoms with E-state index in [-0.39, 0.29) is 0 Å². The first kappa shape index (κ1) is 19.3. The number of aliphatic carboxylic acids is 1. The van der Waals surface area contributed by atoms with E-state index in [2.05, 4.69) is 20.2 Å². The van der Waals surface area contributed by atoms with Crippen molar-refractivity contribution in [2.24, 2.45) is 0 Å². The fraction of sp³-hybridized carbons (Fsp3) is 0.300. The van der Waals surface area contributed by atoms with E-state index in [9.17, 15) is 4.79 Å². The van der Waals surface area contributed by atoms with E-state index in [0.717, 1.165) is 29.8 Å². The van der Waals surface area contributed by atoms with Gasteiger partial charge in [-0.15, -0.1) is 0 Å². The Morgan fingerprint density at radius 3 is 2.71 bits per heavy atom. The number of carbonyl (C=O) groups is 1. The molecule has 0 aromatic carbocycles. The molecule has 8 nitrogen and oxygen atoms in total. The van der Waals surface area contributed by atoms with Crippen LogP contribution in [0.4, 0.5) is 0 Å². The Labute approximate surface area is 162 Å². The van der Waals surface area contributed by atoms with Crippen LogP contribution >= 0.6 is 0 Å². The molecule has 28 heavy (non-hydrogen) atoms. The molecule has 8 heteroatoms. The molecule has 146 valence electrons. The number of hydrogen-bond acceptors (Lipinski definition) is 6. The van der Waals surface area contributed by atoms with Crippen molar-refractivity contribution in [3.8, 4) is 23.0 Å². The Morgan fingerprint density at radius 2 is 2.04 bits per heavy atom. The molecule has 0 aliphatic heterocycles. The second-order valence-corrected chi connectivity index (χ2v) is 6.72. The van der Waals surface area contributed by atoms with Crippen LogP contribution in [-0.2, 0) is 11.2 Å². The zero-order valence-corrected chi connectivity index (χ0v) is 15.8. The summed E-state index contributed by atoms with van der Waals surface area (Å²) in [5, 5.41) is 15.9. The third kappa shape index (κ3) is 5.06. The maximum atomic E-state index is 11.2. The van der Waals surface area contributed by atoms with Gasteiger partial charge in [0.15, 0.2) is 0 Å². The lowest BCUT2D eigenvalue weighted by Crippen LogP contribution is -2.38. The normalized spacial score (nSPS) is 11.2. The summed E-state index contributed by atoms with van der Waals surface area (Å²) in [6, 6.07) is 9.23. The summed E-state index contributed by atoms with van der Waals surface area (Å²) in [4.78, 5) is 19.6. The average Bonchev–Trinajstić information content (AvgIpc) is 3.20. The van der Waals surface area contributed by atoms with Gasteiger partial charge in [0, 0.05) is 18.5 Å². The summed E-state index contributed by atoms with van der Waals surface area (Å²) in [5.41, 5.74) is 1.33. The van der Waals surface area contributed by atoms with Crippen LogP contribution in [0.3, 0.4) is 0 Å². The number of pyridine rings is 2. The van der Waals surface area contributed by atoms with Gasteiger partial charge >= 0.3 is 5.97 Å². The molecular formula is C20H22N4O4. The molecule has 0 saturated heterocycles. The molecule has 3 aromatic rings. The van der Waals surface area contributed by atoms with Gasteiger partial charge in [-0.3, -0.25) is 10.1 Å². The minimum absolute atomic E-state index is 0.296. The quantitative estimate of drug-likeness (QED) is 0.547. The van der Waals surface area contributed by atoms with Crippen molar-refractivity contribution in [3.63, 3.8) is 0 Å². The van der Waals surface area contributed by atoms with E-state index in [1.54, 1.807) is 24.7 Å². The number of ether oxygens (including phenoxy) is 2. The van der Waals surface area contributed by atoms with Gasteiger partial charge in [-0.2, -0.15) is 5.10 Å². The molecule has 0 saturated carbocycles. The first-order chi connectivity index (χ1) is 13.4. The first-order valence-corrected chi connectivity index (χ1v) is 8.90. The fourth-order valence-electron chi connectivity index (χ4n) is 2.46. The molecule has 0 amide bonds. The second kappa shape index (κ2) is 8.51. The lowest BCUT2D eigenvalue weighted by molar-refractivity contribution is -0.152. The SMILES string of the molecule is CC(C)(Oc1cc(CCCOc2ccc(-c3ccn[nH]3)nc2)ccn1)C(=O)O. The molecular weight excluding hydrogens is 360 g/mol. The zero-order chi connectivity index (χ0) is 20.0. The Morgan fingerprint density at radius 1 is 1.18 bits per heavy atom. The van der Waals surface area contributed by atoms with E-state index in [1.807, 2.05) is 24.3 Å². The summed E-state index contributed by atoms with van der Waals surface area (Å²) >= 11 is 0. The third-order valence-electron chi connectivity index (χ3n) is 4.07. The predicted molar refractivity (Wildman–Crippen MR) is 102 cm³/mol. The summed E-state index contributed by atoms with van der Waals surface area (Å²) in [6.45, 7) is 3.51. The van der Waals surface area contributed by atoms with E-state index in [4.69, 9.17) is 14.6 Å². The molecule has 3 heterocycles. The molecule has 0 aliphatic rings. The number of aromatic amines is 1. The van der Waals surface area contributed by atoms with Crippen molar-refractivity contribution in [2.75, 3.05) is 6.61 Å². The van der Waals surface area contributed by atoms with Crippen LogP contribution in [0.2, 0.25) is 0 Å². The lowest BCUT2D eigenvalue weighted by atomic mass is 10.1. The Hall–Kier alpha value is -3.42. The average molecular weight is 382 g/mol. The molecule has 0 spiro atoms. The number of hydrogen-bond donors (Lipinski definition) is 2. The Kier molecular flexibility index (Phi) is 5.88. The van der Waals surface area contributed by atoms with Crippen molar-refractivity contribution >= 4 is 5.97 Å². The van der Waals surface area contributed by atoms with Crippen LogP contribution in [0.1, 0.15) is 25.8 Å². The molecule has 0 aliphatic carbocycles. The highest BCUT2D eigenvalue weighted by Crippen LogP contribution is 2.19. The van der Waals surface area contributed by atoms with Gasteiger partial charge in [-0.05, 0) is 56.5 Å². The fourth-order valence-corrected chi connectivity index (χ4v) is 2.46. The van der Waals surface area contributed by atoms with Crippen LogP contribution in [0.15, 0.2) is 48.9 Å². The summed E-state index contributed by atoms with van der Waals surface area (Å²) in [5.74, 6) is -0.0464. The van der Waals surface area contributed by atoms with Crippen LogP contribution in [0.25, 0.3) is 11.4 Å². The molecule has 0 bridgehead atoms. The predicted octanol–water partition coefficient (Wildman–Crippen LogP) is 3.12. The van der Waals surface area contributed by atoms with Gasteiger partial charge in [0.25, 0.3) is 0 Å². The smallest absolute Gasteiger partial charge is 0.347 e. The van der Waals surface area contributed by atoms with Crippen LogP contribution < -0.4 is 9.47 Å². The van der Waals surface area contributed by atoms with Gasteiger partial charge in [0.1, 0.15) is 5.75 Å². The van der Waals surface area contributed by atoms with Gasteiger partial charge < -0.3 is 14.6 Å². The van der Waals surface area contributed by atoms with Crippen LogP contribution in [-0.4, -0.2) is 43.4 Å². The highest BCUT2D eigenvalue weighted by Gasteiger charge is 2.29. The summed E-state index contributed by atoms with van der Waals surface area (Å²) in [7, 11) is 0. The molecule has 3 aromatic heterocycles. The van der Waals surface area contributed by atoms with Crippen LogP contribution in [0, 0.1) is 0 Å². The number of carboxylic acid groups (broad SMARTS) is 1. The number of rotatable bonds is 9. The summed E-state index contributed by atoms with van der Waals surface area (Å²) < 4.78 is 11.2. The lowest BCUT2D eigenvalue weighted by Gasteiger charge is -2.20. The monoisotopic (exact) mass is 382 g/mol. The molecule has 0 atom stereocenters. The topological polar surface area (TPSA) is 110 Å². The Balaban J connectivity index is 1.47. The number of aryl methyl sites for hydroxylation is 1. The maximum Gasteiger partial charge on any atom is 0.347 e. The highest BCUT2D eigenvalue weighted by molar-refractivity contribution is 5.76. The Bertz CT molecular complexity index is 908. The van der Waals surface area contributed by atoms with Crippen molar-refractivity contribution in [3.05, 3.63) is 54.5 Å². The number of aromatic nitrogens is 4.